The van der Waals surface area contributed by atoms with E-state index in [1.807, 2.05) is 0 Å². The van der Waals surface area contributed by atoms with E-state index >= 15 is 0 Å². The summed E-state index contributed by atoms with van der Waals surface area (Å²) in [6, 6.07) is 8.61. The van der Waals surface area contributed by atoms with E-state index in [2.05, 4.69) is 15.3 Å². The van der Waals surface area contributed by atoms with Gasteiger partial charge in [0, 0.05) is 23.5 Å². The lowest BCUT2D eigenvalue weighted by molar-refractivity contribution is -0.116. The molecule has 11 heteroatoms. The van der Waals surface area contributed by atoms with Crippen LogP contribution in [0.5, 0.6) is 5.75 Å². The second-order valence-electron chi connectivity index (χ2n) is 7.46. The van der Waals surface area contributed by atoms with Crippen molar-refractivity contribution >= 4 is 34.4 Å². The molecular formula is C23H19ClFN5O4. The number of methoxy groups -OCH3 is 1. The van der Waals surface area contributed by atoms with Gasteiger partial charge in [0.1, 0.15) is 18.1 Å². The van der Waals surface area contributed by atoms with Crippen LogP contribution >= 0.6 is 11.6 Å². The molecule has 0 radical (unpaired) electrons. The highest BCUT2D eigenvalue weighted by Crippen LogP contribution is 2.30. The number of hydrogen-bond acceptors (Lipinski definition) is 6. The Morgan fingerprint density at radius 3 is 2.53 bits per heavy atom. The number of carbonyl (C=O) groups is 1. The molecule has 0 unspecified atom stereocenters. The first-order chi connectivity index (χ1) is 16.3. The topological polar surface area (TPSA) is 108 Å². The fraction of sp³-hybridized carbons (Fsp3) is 0.174. The van der Waals surface area contributed by atoms with Gasteiger partial charge in [-0.3, -0.25) is 18.7 Å². The maximum absolute atomic E-state index is 13.3. The molecule has 0 spiro atoms. The quantitative estimate of drug-likeness (QED) is 0.452. The molecule has 34 heavy (non-hydrogen) atoms. The molecule has 174 valence electrons. The van der Waals surface area contributed by atoms with Gasteiger partial charge in [-0.15, -0.1) is 0 Å². The number of halogens is 2. The number of amides is 1. The summed E-state index contributed by atoms with van der Waals surface area (Å²) in [5.41, 5.74) is 0.109. The highest BCUT2D eigenvalue weighted by molar-refractivity contribution is 6.31. The smallest absolute Gasteiger partial charge is 0.333 e. The number of anilines is 1. The summed E-state index contributed by atoms with van der Waals surface area (Å²) >= 11 is 6.12. The summed E-state index contributed by atoms with van der Waals surface area (Å²) in [7, 11) is 1.44. The minimum atomic E-state index is -0.753. The normalized spacial score (nSPS) is 10.9. The lowest BCUT2D eigenvalue weighted by atomic mass is 10.2. The maximum Gasteiger partial charge on any atom is 0.333 e. The Morgan fingerprint density at radius 1 is 1.12 bits per heavy atom. The number of rotatable bonds is 6. The Balaban J connectivity index is 1.74. The summed E-state index contributed by atoms with van der Waals surface area (Å²) in [4.78, 5) is 47.2. The molecule has 0 aliphatic rings. The Bertz CT molecular complexity index is 1520. The van der Waals surface area contributed by atoms with Gasteiger partial charge in [0.2, 0.25) is 5.91 Å². The van der Waals surface area contributed by atoms with Crippen LogP contribution in [0.3, 0.4) is 0 Å². The van der Waals surface area contributed by atoms with Crippen LogP contribution in [0, 0.1) is 12.7 Å². The molecule has 4 rings (SSSR count). The summed E-state index contributed by atoms with van der Waals surface area (Å²) in [6.07, 6.45) is 2.65. The van der Waals surface area contributed by atoms with Gasteiger partial charge < -0.3 is 10.1 Å². The van der Waals surface area contributed by atoms with Crippen LogP contribution in [0.2, 0.25) is 5.02 Å². The van der Waals surface area contributed by atoms with E-state index in [4.69, 9.17) is 16.3 Å². The van der Waals surface area contributed by atoms with Crippen molar-refractivity contribution in [1.29, 1.82) is 0 Å². The second-order valence-corrected chi connectivity index (χ2v) is 7.87. The molecule has 0 saturated carbocycles. The standard InChI is InChI=1S/C23H19ClFN5O4/c1-13-9-17(18(34-2)10-16(13)24)28-19(31)12-29-21-20(26-7-8-27-21)22(32)30(23(29)33)11-14-3-5-15(25)6-4-14/h3-10H,11-12H2,1-2H3,(H,28,31). The van der Waals surface area contributed by atoms with Crippen molar-refractivity contribution < 1.29 is 13.9 Å². The number of benzene rings is 2. The average molecular weight is 484 g/mol. The van der Waals surface area contributed by atoms with Gasteiger partial charge in [-0.05, 0) is 36.2 Å². The zero-order valence-corrected chi connectivity index (χ0v) is 19.0. The van der Waals surface area contributed by atoms with E-state index in [0.29, 0.717) is 22.0 Å². The number of ether oxygens (including phenoxy) is 1. The molecule has 0 bridgehead atoms. The van der Waals surface area contributed by atoms with Crippen molar-refractivity contribution in [3.63, 3.8) is 0 Å². The van der Waals surface area contributed by atoms with Gasteiger partial charge in [0.15, 0.2) is 11.2 Å². The van der Waals surface area contributed by atoms with Crippen molar-refractivity contribution in [2.45, 2.75) is 20.0 Å². The minimum absolute atomic E-state index is 0.0257. The number of fused-ring (bicyclic) bond motifs is 1. The lowest BCUT2D eigenvalue weighted by Crippen LogP contribution is -2.42. The summed E-state index contributed by atoms with van der Waals surface area (Å²) in [5.74, 6) is -0.647. The van der Waals surface area contributed by atoms with Gasteiger partial charge in [0.05, 0.1) is 19.3 Å². The fourth-order valence-corrected chi connectivity index (χ4v) is 3.60. The van der Waals surface area contributed by atoms with Crippen LogP contribution in [-0.2, 0) is 17.9 Å². The van der Waals surface area contributed by atoms with Crippen molar-refractivity contribution in [2.24, 2.45) is 0 Å². The van der Waals surface area contributed by atoms with Crippen LogP contribution in [0.4, 0.5) is 10.1 Å². The first kappa shape index (κ1) is 23.1. The molecule has 4 aromatic rings. The Morgan fingerprint density at radius 2 is 1.82 bits per heavy atom. The first-order valence-electron chi connectivity index (χ1n) is 10.1. The van der Waals surface area contributed by atoms with E-state index in [1.54, 1.807) is 19.1 Å². The fourth-order valence-electron chi connectivity index (χ4n) is 3.45. The van der Waals surface area contributed by atoms with Crippen molar-refractivity contribution in [2.75, 3.05) is 12.4 Å². The monoisotopic (exact) mass is 483 g/mol. The number of nitrogens with zero attached hydrogens (tertiary/aromatic N) is 4. The third-order valence-corrected chi connectivity index (χ3v) is 5.56. The lowest BCUT2D eigenvalue weighted by Gasteiger charge is -2.15. The van der Waals surface area contributed by atoms with Crippen LogP contribution in [0.15, 0.2) is 58.4 Å². The molecule has 1 N–H and O–H groups in total. The maximum atomic E-state index is 13.3. The van der Waals surface area contributed by atoms with E-state index in [1.165, 1.54) is 43.8 Å². The number of carbonyl (C=O) groups excluding carboxylic acids is 1. The third-order valence-electron chi connectivity index (χ3n) is 5.15. The molecule has 9 nitrogen and oxygen atoms in total. The Kier molecular flexibility index (Phi) is 6.42. The number of nitrogens with one attached hydrogen (secondary N) is 1. The Labute approximate surface area is 197 Å². The summed E-state index contributed by atoms with van der Waals surface area (Å²) < 4.78 is 20.5. The van der Waals surface area contributed by atoms with E-state index in [0.717, 1.165) is 14.7 Å². The highest BCUT2D eigenvalue weighted by atomic mass is 35.5. The predicted octanol–water partition coefficient (Wildman–Crippen LogP) is 2.75. The molecule has 1 amide bonds. The van der Waals surface area contributed by atoms with Gasteiger partial charge in [0.25, 0.3) is 5.56 Å². The largest absolute Gasteiger partial charge is 0.495 e. The van der Waals surface area contributed by atoms with Crippen LogP contribution in [0.25, 0.3) is 11.2 Å². The Hall–Kier alpha value is -4.05. The molecule has 0 atom stereocenters. The molecule has 2 aromatic carbocycles. The zero-order chi connectivity index (χ0) is 24.4. The van der Waals surface area contributed by atoms with E-state index in [-0.39, 0.29) is 17.7 Å². The highest BCUT2D eigenvalue weighted by Gasteiger charge is 2.18. The van der Waals surface area contributed by atoms with Crippen molar-refractivity contribution in [1.82, 2.24) is 19.1 Å². The zero-order valence-electron chi connectivity index (χ0n) is 18.2. The first-order valence-corrected chi connectivity index (χ1v) is 10.5. The molecule has 2 aromatic heterocycles. The molecular weight excluding hydrogens is 465 g/mol. The minimum Gasteiger partial charge on any atom is -0.495 e. The molecule has 2 heterocycles. The SMILES string of the molecule is COc1cc(Cl)c(C)cc1NC(=O)Cn1c(=O)n(Cc2ccc(F)cc2)c(=O)c2nccnc21. The third kappa shape index (κ3) is 4.53. The van der Waals surface area contributed by atoms with Gasteiger partial charge in [-0.1, -0.05) is 23.7 Å². The van der Waals surface area contributed by atoms with Crippen LogP contribution in [-0.4, -0.2) is 32.1 Å². The van der Waals surface area contributed by atoms with Gasteiger partial charge in [-0.2, -0.15) is 0 Å². The summed E-state index contributed by atoms with van der Waals surface area (Å²) in [6.45, 7) is 1.20. The number of aryl methyl sites for hydroxylation is 1. The average Bonchev–Trinajstić information content (AvgIpc) is 2.83. The van der Waals surface area contributed by atoms with Gasteiger partial charge >= 0.3 is 5.69 Å². The van der Waals surface area contributed by atoms with Crippen LogP contribution in [0.1, 0.15) is 11.1 Å². The molecule has 0 aliphatic carbocycles. The molecule has 0 fully saturated rings. The van der Waals surface area contributed by atoms with Crippen molar-refractivity contribution in [3.05, 3.63) is 91.6 Å². The van der Waals surface area contributed by atoms with E-state index < -0.39 is 29.5 Å². The second kappa shape index (κ2) is 9.44. The van der Waals surface area contributed by atoms with Crippen molar-refractivity contribution in [3.8, 4) is 5.75 Å². The van der Waals surface area contributed by atoms with Gasteiger partial charge in [-0.25, -0.2) is 19.2 Å². The molecule has 0 saturated heterocycles. The number of aromatic nitrogens is 4. The van der Waals surface area contributed by atoms with E-state index in [9.17, 15) is 18.8 Å². The van der Waals surface area contributed by atoms with Crippen LogP contribution < -0.4 is 21.3 Å². The molecule has 0 aliphatic heterocycles. The number of hydrogen-bond donors (Lipinski definition) is 1. The predicted molar refractivity (Wildman–Crippen MR) is 125 cm³/mol. The summed E-state index contributed by atoms with van der Waals surface area (Å²) in [5, 5.41) is 3.17.